The molecule has 3 aliphatic rings. The van der Waals surface area contributed by atoms with Crippen LogP contribution in [0, 0.1) is 5.92 Å². The fraction of sp³-hybridized carbons (Fsp3) is 0.952. The van der Waals surface area contributed by atoms with E-state index in [2.05, 4.69) is 0 Å². The highest BCUT2D eigenvalue weighted by Crippen LogP contribution is 2.34. The van der Waals surface area contributed by atoms with Crippen LogP contribution < -0.4 is 11.5 Å². The molecule has 0 radical (unpaired) electrons. The third kappa shape index (κ3) is 6.46. The van der Waals surface area contributed by atoms with Crippen LogP contribution >= 0.6 is 0 Å². The van der Waals surface area contributed by atoms with Gasteiger partial charge in [0.25, 0.3) is 0 Å². The molecular weight excluding hydrogens is 504 g/mol. The Hall–Kier alpha value is -0.930. The molecule has 16 nitrogen and oxygen atoms in total. The molecule has 3 fully saturated rings. The molecule has 0 aliphatic carbocycles. The SMILES string of the molecule is CC(=O)CC1[C@H](O[C@@H]2C(CO)O[C@@H](O[C@@H]3C(CO)O[C@@H](O)C(N)[C@H]3O)C(N)[C@H]2O)OC(CO)[C@@H](O)[C@@H]1O. The Balaban J connectivity index is 1.77. The third-order valence-electron chi connectivity index (χ3n) is 6.93. The van der Waals surface area contributed by atoms with Crippen molar-refractivity contribution in [2.24, 2.45) is 17.4 Å². The summed E-state index contributed by atoms with van der Waals surface area (Å²) in [5, 5.41) is 80.9. The first-order chi connectivity index (χ1) is 17.4. The van der Waals surface area contributed by atoms with Gasteiger partial charge >= 0.3 is 0 Å². The minimum atomic E-state index is -1.59. The summed E-state index contributed by atoms with van der Waals surface area (Å²) in [6, 6.07) is -2.65. The maximum atomic E-state index is 11.8. The van der Waals surface area contributed by atoms with Gasteiger partial charge in [-0.15, -0.1) is 0 Å². The van der Waals surface area contributed by atoms with Crippen LogP contribution in [-0.2, 0) is 28.5 Å². The van der Waals surface area contributed by atoms with Crippen LogP contribution in [0.15, 0.2) is 0 Å². The number of ketones is 1. The van der Waals surface area contributed by atoms with E-state index in [1.807, 2.05) is 0 Å². The van der Waals surface area contributed by atoms with Gasteiger partial charge in [-0.2, -0.15) is 0 Å². The molecule has 0 aromatic heterocycles. The van der Waals surface area contributed by atoms with Gasteiger partial charge < -0.3 is 80.8 Å². The molecule has 0 aromatic carbocycles. The lowest BCUT2D eigenvalue weighted by molar-refractivity contribution is -0.354. The number of nitrogens with two attached hydrogens (primary N) is 2. The number of carbonyl (C=O) groups excluding carboxylic acids is 1. The molecule has 0 bridgehead atoms. The number of rotatable bonds is 9. The lowest BCUT2D eigenvalue weighted by atomic mass is 9.87. The Bertz CT molecular complexity index is 746. The van der Waals surface area contributed by atoms with Gasteiger partial charge in [-0.1, -0.05) is 0 Å². The Kier molecular flexibility index (Phi) is 10.7. The van der Waals surface area contributed by atoms with Gasteiger partial charge in [0.1, 0.15) is 54.6 Å². The predicted octanol–water partition coefficient (Wildman–Crippen LogP) is -6.41. The van der Waals surface area contributed by atoms with Crippen molar-refractivity contribution in [1.82, 2.24) is 0 Å². The fourth-order valence-electron chi connectivity index (χ4n) is 4.78. The molecule has 6 unspecified atom stereocenters. The van der Waals surface area contributed by atoms with Gasteiger partial charge in [0.2, 0.25) is 0 Å². The third-order valence-corrected chi connectivity index (χ3v) is 6.93. The average molecular weight is 543 g/mol. The number of aliphatic hydroxyl groups is 8. The molecule has 3 rings (SSSR count). The first-order valence-electron chi connectivity index (χ1n) is 12.0. The van der Waals surface area contributed by atoms with Crippen molar-refractivity contribution < 1.29 is 69.3 Å². The largest absolute Gasteiger partial charge is 0.394 e. The van der Waals surface area contributed by atoms with E-state index in [9.17, 15) is 45.6 Å². The minimum absolute atomic E-state index is 0.263. The van der Waals surface area contributed by atoms with Crippen LogP contribution in [0.5, 0.6) is 0 Å². The predicted molar refractivity (Wildman–Crippen MR) is 118 cm³/mol. The molecule has 12 N–H and O–H groups in total. The Labute approximate surface area is 212 Å². The summed E-state index contributed by atoms with van der Waals surface area (Å²) in [6.45, 7) is -0.808. The molecule has 3 heterocycles. The molecular formula is C21H38N2O14. The molecule has 16 heteroatoms. The van der Waals surface area contributed by atoms with E-state index >= 15 is 0 Å². The second kappa shape index (κ2) is 12.9. The summed E-state index contributed by atoms with van der Waals surface area (Å²) in [5.41, 5.74) is 11.8. The van der Waals surface area contributed by atoms with E-state index in [0.29, 0.717) is 0 Å². The number of hydrogen-bond acceptors (Lipinski definition) is 16. The zero-order chi connectivity index (χ0) is 27.6. The minimum Gasteiger partial charge on any atom is -0.394 e. The number of ether oxygens (including phenoxy) is 5. The molecule has 0 saturated carbocycles. The normalized spacial score (nSPS) is 49.1. The van der Waals surface area contributed by atoms with E-state index in [1.165, 1.54) is 6.92 Å². The van der Waals surface area contributed by atoms with E-state index in [0.717, 1.165) is 0 Å². The van der Waals surface area contributed by atoms with Crippen LogP contribution in [0.1, 0.15) is 13.3 Å². The average Bonchev–Trinajstić information content (AvgIpc) is 2.87. The van der Waals surface area contributed by atoms with Gasteiger partial charge in [0.05, 0.1) is 38.0 Å². The van der Waals surface area contributed by atoms with E-state index in [1.54, 1.807) is 0 Å². The highest BCUT2D eigenvalue weighted by Gasteiger charge is 2.52. The van der Waals surface area contributed by atoms with Crippen molar-refractivity contribution >= 4 is 5.78 Å². The maximum Gasteiger partial charge on any atom is 0.176 e. The molecule has 0 spiro atoms. The first kappa shape index (κ1) is 30.6. The van der Waals surface area contributed by atoms with Gasteiger partial charge in [-0.25, -0.2) is 0 Å². The molecule has 0 aromatic rings. The van der Waals surface area contributed by atoms with Crippen molar-refractivity contribution in [3.8, 4) is 0 Å². The second-order valence-electron chi connectivity index (χ2n) is 9.59. The van der Waals surface area contributed by atoms with Crippen molar-refractivity contribution in [1.29, 1.82) is 0 Å². The summed E-state index contributed by atoms with van der Waals surface area (Å²) in [5.74, 6) is -1.44. The number of hydrogen-bond donors (Lipinski definition) is 10. The summed E-state index contributed by atoms with van der Waals surface area (Å²) in [6.07, 6.45) is -17.3. The zero-order valence-electron chi connectivity index (χ0n) is 20.2. The topological polar surface area (TPSA) is 277 Å². The number of Topliss-reactive ketones (excluding diaryl/α,β-unsaturated/α-hetero) is 1. The fourth-order valence-corrected chi connectivity index (χ4v) is 4.78. The molecule has 216 valence electrons. The maximum absolute atomic E-state index is 11.8. The van der Waals surface area contributed by atoms with E-state index in [4.69, 9.17) is 35.2 Å². The monoisotopic (exact) mass is 542 g/mol. The van der Waals surface area contributed by atoms with Crippen LogP contribution in [0.25, 0.3) is 0 Å². The number of carbonyl (C=O) groups is 1. The van der Waals surface area contributed by atoms with Crippen molar-refractivity contribution in [3.63, 3.8) is 0 Å². The highest BCUT2D eigenvalue weighted by atomic mass is 16.7. The van der Waals surface area contributed by atoms with Crippen LogP contribution in [0.3, 0.4) is 0 Å². The van der Waals surface area contributed by atoms with Crippen LogP contribution in [0.2, 0.25) is 0 Å². The van der Waals surface area contributed by atoms with Crippen LogP contribution in [-0.4, -0.2) is 152 Å². The van der Waals surface area contributed by atoms with Crippen molar-refractivity contribution in [3.05, 3.63) is 0 Å². The lowest BCUT2D eigenvalue weighted by Gasteiger charge is -2.49. The molecule has 15 atom stereocenters. The first-order valence-corrected chi connectivity index (χ1v) is 12.0. The lowest BCUT2D eigenvalue weighted by Crippen LogP contribution is -2.68. The van der Waals surface area contributed by atoms with Gasteiger partial charge in [0, 0.05) is 12.3 Å². The molecule has 0 amide bonds. The smallest absolute Gasteiger partial charge is 0.176 e. The second-order valence-corrected chi connectivity index (χ2v) is 9.59. The summed E-state index contributed by atoms with van der Waals surface area (Å²) >= 11 is 0. The van der Waals surface area contributed by atoms with E-state index < -0.39 is 112 Å². The number of aliphatic hydroxyl groups excluding tert-OH is 8. The Morgan fingerprint density at radius 2 is 1.19 bits per heavy atom. The van der Waals surface area contributed by atoms with Crippen molar-refractivity contribution in [2.75, 3.05) is 19.8 Å². The zero-order valence-corrected chi connectivity index (χ0v) is 20.2. The Morgan fingerprint density at radius 1 is 0.703 bits per heavy atom. The summed E-state index contributed by atoms with van der Waals surface area (Å²) in [4.78, 5) is 11.8. The molecule has 3 saturated heterocycles. The van der Waals surface area contributed by atoms with Crippen LogP contribution in [0.4, 0.5) is 0 Å². The van der Waals surface area contributed by atoms with Crippen molar-refractivity contribution in [2.45, 2.75) is 99.2 Å². The van der Waals surface area contributed by atoms with Gasteiger partial charge in [0.15, 0.2) is 18.9 Å². The Morgan fingerprint density at radius 3 is 1.73 bits per heavy atom. The van der Waals surface area contributed by atoms with Gasteiger partial charge in [-0.05, 0) is 6.92 Å². The summed E-state index contributed by atoms with van der Waals surface area (Å²) in [7, 11) is 0. The quantitative estimate of drug-likeness (QED) is 0.130. The summed E-state index contributed by atoms with van der Waals surface area (Å²) < 4.78 is 27.9. The molecule has 3 aliphatic heterocycles. The van der Waals surface area contributed by atoms with E-state index in [-0.39, 0.29) is 12.2 Å². The standard InChI is InChI=1S/C21H38N2O14/c1-6(27)2-7-13(28)14(29)8(3-24)34-20(7)36-18-10(5-26)35-21(12(23)16(18)31)37-17-9(4-25)33-19(32)11(22)15(17)30/h7-21,24-26,28-32H,2-5,22-23H2,1H3/t7?,8?,9?,10?,11?,12?,13-,14-,15-,16-,17-,18-,19-,20+,21+/m1/s1. The molecule has 37 heavy (non-hydrogen) atoms. The highest BCUT2D eigenvalue weighted by molar-refractivity contribution is 5.75. The van der Waals surface area contributed by atoms with Gasteiger partial charge in [-0.3, -0.25) is 0 Å².